The minimum atomic E-state index is -0.445. The van der Waals surface area contributed by atoms with Crippen molar-refractivity contribution in [3.05, 3.63) is 68.3 Å². The van der Waals surface area contributed by atoms with Crippen LogP contribution in [0.5, 0.6) is 0 Å². The third kappa shape index (κ3) is 4.82. The number of thiophene rings is 1. The van der Waals surface area contributed by atoms with Crippen molar-refractivity contribution in [3.63, 3.8) is 0 Å². The van der Waals surface area contributed by atoms with Crippen LogP contribution in [0.3, 0.4) is 0 Å². The maximum atomic E-state index is 13.1. The summed E-state index contributed by atoms with van der Waals surface area (Å²) in [7, 11) is 1.60. The van der Waals surface area contributed by atoms with Crippen LogP contribution in [0, 0.1) is 6.92 Å². The topological polar surface area (TPSA) is 84.0 Å². The molecule has 4 rings (SSSR count). The highest BCUT2D eigenvalue weighted by Gasteiger charge is 2.27. The predicted octanol–water partition coefficient (Wildman–Crippen LogP) is 5.28. The second-order valence-corrected chi connectivity index (χ2v) is 9.97. The van der Waals surface area contributed by atoms with E-state index in [4.69, 9.17) is 11.6 Å². The van der Waals surface area contributed by atoms with Crippen LogP contribution in [0.1, 0.15) is 55.3 Å². The molecule has 2 heterocycles. The average molecular weight is 487 g/mol. The Labute approximate surface area is 200 Å². The van der Waals surface area contributed by atoms with Gasteiger partial charge in [0.1, 0.15) is 5.00 Å². The summed E-state index contributed by atoms with van der Waals surface area (Å²) in [5.74, 6) is 0.0511. The Balaban J connectivity index is 1.56. The Hall–Kier alpha value is -2.42. The SMILES string of the molecule is CNC(=O)c1c(NC(=O)c2nc(SCc3ccccc3C)ncc2Cl)sc2c1CCCC2. The zero-order valence-corrected chi connectivity index (χ0v) is 20.2. The van der Waals surface area contributed by atoms with Gasteiger partial charge in [-0.3, -0.25) is 9.59 Å². The molecule has 0 bridgehead atoms. The van der Waals surface area contributed by atoms with E-state index >= 15 is 0 Å². The number of carbonyl (C=O) groups is 2. The van der Waals surface area contributed by atoms with E-state index in [1.54, 1.807) is 7.05 Å². The van der Waals surface area contributed by atoms with Gasteiger partial charge in [0.25, 0.3) is 11.8 Å². The molecule has 1 aromatic carbocycles. The monoisotopic (exact) mass is 486 g/mol. The molecular formula is C23H23ClN4O2S2. The molecule has 0 saturated carbocycles. The summed E-state index contributed by atoms with van der Waals surface area (Å²) in [6, 6.07) is 8.11. The summed E-state index contributed by atoms with van der Waals surface area (Å²) < 4.78 is 0. The molecule has 0 unspecified atom stereocenters. The Morgan fingerprint density at radius 2 is 1.97 bits per heavy atom. The predicted molar refractivity (Wildman–Crippen MR) is 130 cm³/mol. The highest BCUT2D eigenvalue weighted by Crippen LogP contribution is 2.38. The van der Waals surface area contributed by atoms with E-state index in [9.17, 15) is 9.59 Å². The molecule has 0 fully saturated rings. The molecule has 0 spiro atoms. The number of amides is 2. The number of fused-ring (bicyclic) bond motifs is 1. The van der Waals surface area contributed by atoms with Gasteiger partial charge in [0, 0.05) is 17.7 Å². The maximum Gasteiger partial charge on any atom is 0.276 e. The van der Waals surface area contributed by atoms with Crippen LogP contribution >= 0.6 is 34.7 Å². The quantitative estimate of drug-likeness (QED) is 0.365. The van der Waals surface area contributed by atoms with Crippen molar-refractivity contribution in [2.24, 2.45) is 0 Å². The zero-order chi connectivity index (χ0) is 22.7. The van der Waals surface area contributed by atoms with Gasteiger partial charge >= 0.3 is 0 Å². The molecule has 3 aromatic rings. The first kappa shape index (κ1) is 22.8. The number of hydrogen-bond donors (Lipinski definition) is 2. The normalized spacial score (nSPS) is 12.8. The second-order valence-electron chi connectivity index (χ2n) is 7.51. The number of thioether (sulfide) groups is 1. The molecule has 166 valence electrons. The number of anilines is 1. The summed E-state index contributed by atoms with van der Waals surface area (Å²) in [6.45, 7) is 2.06. The lowest BCUT2D eigenvalue weighted by Crippen LogP contribution is -2.22. The molecule has 0 saturated heterocycles. The van der Waals surface area contributed by atoms with Gasteiger partial charge < -0.3 is 10.6 Å². The summed E-state index contributed by atoms with van der Waals surface area (Å²) in [6.07, 6.45) is 5.35. The van der Waals surface area contributed by atoms with Gasteiger partial charge in [-0.1, -0.05) is 47.6 Å². The van der Waals surface area contributed by atoms with E-state index in [0.717, 1.165) is 36.1 Å². The van der Waals surface area contributed by atoms with Gasteiger partial charge in [-0.25, -0.2) is 9.97 Å². The molecule has 9 heteroatoms. The molecule has 1 aliphatic carbocycles. The van der Waals surface area contributed by atoms with Crippen molar-refractivity contribution < 1.29 is 9.59 Å². The number of benzene rings is 1. The van der Waals surface area contributed by atoms with E-state index in [1.807, 2.05) is 12.1 Å². The number of nitrogens with zero attached hydrogens (tertiary/aromatic N) is 2. The van der Waals surface area contributed by atoms with E-state index in [0.29, 0.717) is 21.5 Å². The Bertz CT molecular complexity index is 1180. The van der Waals surface area contributed by atoms with Crippen LogP contribution in [0.2, 0.25) is 5.02 Å². The van der Waals surface area contributed by atoms with Gasteiger partial charge in [-0.15, -0.1) is 11.3 Å². The highest BCUT2D eigenvalue weighted by atomic mass is 35.5. The lowest BCUT2D eigenvalue weighted by molar-refractivity contribution is 0.0963. The van der Waals surface area contributed by atoms with Gasteiger partial charge in [0.2, 0.25) is 0 Å². The minimum absolute atomic E-state index is 0.100. The summed E-state index contributed by atoms with van der Waals surface area (Å²) in [5.41, 5.74) is 4.07. The third-order valence-corrected chi connectivity index (χ3v) is 7.80. The molecular weight excluding hydrogens is 464 g/mol. The molecule has 2 aromatic heterocycles. The number of aromatic nitrogens is 2. The Morgan fingerprint density at radius 1 is 1.19 bits per heavy atom. The molecule has 32 heavy (non-hydrogen) atoms. The smallest absolute Gasteiger partial charge is 0.276 e. The van der Waals surface area contributed by atoms with Crippen molar-refractivity contribution in [1.82, 2.24) is 15.3 Å². The van der Waals surface area contributed by atoms with Gasteiger partial charge in [0.15, 0.2) is 10.9 Å². The summed E-state index contributed by atoms with van der Waals surface area (Å²) in [5, 5.41) is 6.76. The fourth-order valence-electron chi connectivity index (χ4n) is 3.68. The number of aryl methyl sites for hydroxylation is 2. The number of nitrogens with one attached hydrogen (secondary N) is 2. The van der Waals surface area contributed by atoms with Crippen LogP contribution in [0.15, 0.2) is 35.6 Å². The average Bonchev–Trinajstić information content (AvgIpc) is 3.16. The molecule has 0 aliphatic heterocycles. The standard InChI is InChI=1S/C23H23ClN4O2S2/c1-13-7-3-4-8-14(13)12-31-23-26-11-16(24)19(27-23)21(30)28-22-18(20(29)25-2)15-9-5-6-10-17(15)32-22/h3-4,7-8,11H,5-6,9-10,12H2,1-2H3,(H,25,29)(H,28,30). The van der Waals surface area contributed by atoms with Crippen LogP contribution in [0.4, 0.5) is 5.00 Å². The van der Waals surface area contributed by atoms with Crippen molar-refractivity contribution in [3.8, 4) is 0 Å². The zero-order valence-electron chi connectivity index (χ0n) is 17.8. The van der Waals surface area contributed by atoms with E-state index in [-0.39, 0.29) is 16.6 Å². The Kier molecular flexibility index (Phi) is 7.13. The van der Waals surface area contributed by atoms with Crippen molar-refractivity contribution in [2.45, 2.75) is 43.5 Å². The van der Waals surface area contributed by atoms with Crippen LogP contribution in [-0.4, -0.2) is 28.8 Å². The van der Waals surface area contributed by atoms with E-state index < -0.39 is 5.91 Å². The fourth-order valence-corrected chi connectivity index (χ4v) is 6.03. The van der Waals surface area contributed by atoms with Crippen molar-refractivity contribution in [2.75, 3.05) is 12.4 Å². The highest BCUT2D eigenvalue weighted by molar-refractivity contribution is 7.98. The first-order valence-corrected chi connectivity index (χ1v) is 12.5. The maximum absolute atomic E-state index is 13.1. The van der Waals surface area contributed by atoms with Crippen molar-refractivity contribution >= 4 is 51.5 Å². The molecule has 6 nitrogen and oxygen atoms in total. The van der Waals surface area contributed by atoms with Crippen LogP contribution in [-0.2, 0) is 18.6 Å². The number of carbonyl (C=O) groups excluding carboxylic acids is 2. The number of halogens is 1. The molecule has 2 N–H and O–H groups in total. The first-order valence-electron chi connectivity index (χ1n) is 10.4. The van der Waals surface area contributed by atoms with Crippen molar-refractivity contribution in [1.29, 1.82) is 0 Å². The van der Waals surface area contributed by atoms with Crippen LogP contribution < -0.4 is 10.6 Å². The molecule has 0 radical (unpaired) electrons. The minimum Gasteiger partial charge on any atom is -0.355 e. The number of rotatable bonds is 6. The van der Waals surface area contributed by atoms with E-state index in [1.165, 1.54) is 40.4 Å². The second kappa shape index (κ2) is 10.0. The summed E-state index contributed by atoms with van der Waals surface area (Å²) in [4.78, 5) is 35.4. The first-order chi connectivity index (χ1) is 15.5. The van der Waals surface area contributed by atoms with E-state index in [2.05, 4.69) is 39.7 Å². The Morgan fingerprint density at radius 3 is 2.75 bits per heavy atom. The molecule has 2 amide bonds. The fraction of sp³-hybridized carbons (Fsp3) is 0.304. The lowest BCUT2D eigenvalue weighted by atomic mass is 9.95. The molecule has 0 atom stereocenters. The van der Waals surface area contributed by atoms with Gasteiger partial charge in [-0.05, 0) is 49.3 Å². The lowest BCUT2D eigenvalue weighted by Gasteiger charge is -2.12. The molecule has 1 aliphatic rings. The number of hydrogen-bond acceptors (Lipinski definition) is 6. The van der Waals surface area contributed by atoms with Crippen LogP contribution in [0.25, 0.3) is 0 Å². The van der Waals surface area contributed by atoms with Gasteiger partial charge in [0.05, 0.1) is 16.8 Å². The third-order valence-electron chi connectivity index (χ3n) is 5.41. The van der Waals surface area contributed by atoms with Gasteiger partial charge in [-0.2, -0.15) is 0 Å². The largest absolute Gasteiger partial charge is 0.355 e. The summed E-state index contributed by atoms with van der Waals surface area (Å²) >= 11 is 9.17.